The Kier molecular flexibility index (Phi) is 5.44. The van der Waals surface area contributed by atoms with E-state index in [1.54, 1.807) is 19.1 Å². The molecule has 6 nitrogen and oxygen atoms in total. The number of nitro groups is 1. The predicted octanol–water partition coefficient (Wildman–Crippen LogP) is 1.65. The van der Waals surface area contributed by atoms with Crippen LogP contribution in [0.25, 0.3) is 0 Å². The lowest BCUT2D eigenvalue weighted by atomic mass is 10.1. The molecule has 1 atom stereocenters. The predicted molar refractivity (Wildman–Crippen MR) is 71.0 cm³/mol. The van der Waals surface area contributed by atoms with Crippen molar-refractivity contribution in [2.75, 3.05) is 13.2 Å². The van der Waals surface area contributed by atoms with Crippen molar-refractivity contribution in [3.63, 3.8) is 0 Å². The minimum absolute atomic E-state index is 0.0592. The molecular weight excluding hydrogens is 248 g/mol. The summed E-state index contributed by atoms with van der Waals surface area (Å²) in [5, 5.41) is 22.2. The minimum Gasteiger partial charge on any atom is -0.396 e. The molecule has 1 rings (SSSR count). The highest BCUT2D eigenvalue weighted by Crippen LogP contribution is 2.19. The number of hydrogen-bond donors (Lipinski definition) is 2. The van der Waals surface area contributed by atoms with Gasteiger partial charge in [0.25, 0.3) is 11.6 Å². The first kappa shape index (κ1) is 15.1. The second-order valence-electron chi connectivity index (χ2n) is 4.59. The highest BCUT2D eigenvalue weighted by atomic mass is 16.6. The molecule has 19 heavy (non-hydrogen) atoms. The molecule has 2 N–H and O–H groups in total. The zero-order valence-corrected chi connectivity index (χ0v) is 11.0. The molecule has 1 aromatic carbocycles. The van der Waals surface area contributed by atoms with Crippen molar-refractivity contribution in [1.82, 2.24) is 5.32 Å². The van der Waals surface area contributed by atoms with Gasteiger partial charge in [0.1, 0.15) is 0 Å². The number of carbonyl (C=O) groups excluding carboxylic acids is 1. The fraction of sp³-hybridized carbons (Fsp3) is 0.462. The first-order valence-electron chi connectivity index (χ1n) is 6.09. The number of nitro benzene ring substituents is 1. The molecule has 0 aliphatic carbocycles. The number of amides is 1. The molecule has 0 saturated carbocycles. The molecule has 1 aromatic rings. The van der Waals surface area contributed by atoms with E-state index >= 15 is 0 Å². The zero-order chi connectivity index (χ0) is 14.4. The molecule has 0 aromatic heterocycles. The summed E-state index contributed by atoms with van der Waals surface area (Å²) < 4.78 is 0. The third-order valence-electron chi connectivity index (χ3n) is 2.90. The fourth-order valence-corrected chi connectivity index (χ4v) is 1.64. The minimum atomic E-state index is -0.500. The first-order chi connectivity index (χ1) is 8.95. The van der Waals surface area contributed by atoms with Crippen LogP contribution in [0.15, 0.2) is 18.2 Å². The van der Waals surface area contributed by atoms with Gasteiger partial charge in [-0.3, -0.25) is 14.9 Å². The van der Waals surface area contributed by atoms with Crippen molar-refractivity contribution >= 4 is 11.6 Å². The van der Waals surface area contributed by atoms with Crippen molar-refractivity contribution in [3.05, 3.63) is 39.4 Å². The van der Waals surface area contributed by atoms with Crippen LogP contribution in [-0.4, -0.2) is 29.1 Å². The topological polar surface area (TPSA) is 92.5 Å². The molecular formula is C13H18N2O4. The van der Waals surface area contributed by atoms with Crippen LogP contribution in [0, 0.1) is 23.0 Å². The van der Waals surface area contributed by atoms with E-state index < -0.39 is 4.92 Å². The van der Waals surface area contributed by atoms with Gasteiger partial charge in [-0.25, -0.2) is 0 Å². The standard InChI is InChI=1S/C13H18N2O4/c1-9(5-6-16)8-14-13(17)11-4-3-10(2)12(7-11)15(18)19/h3-4,7,9,16H,5-6,8H2,1-2H3,(H,14,17). The van der Waals surface area contributed by atoms with Gasteiger partial charge in [0.2, 0.25) is 0 Å². The molecule has 0 bridgehead atoms. The van der Waals surface area contributed by atoms with E-state index in [4.69, 9.17) is 5.11 Å². The van der Waals surface area contributed by atoms with Gasteiger partial charge in [0.05, 0.1) is 4.92 Å². The molecule has 0 heterocycles. The Morgan fingerprint density at radius 3 is 2.79 bits per heavy atom. The lowest BCUT2D eigenvalue weighted by Crippen LogP contribution is -2.28. The van der Waals surface area contributed by atoms with E-state index in [-0.39, 0.29) is 29.7 Å². The Morgan fingerprint density at radius 2 is 2.21 bits per heavy atom. The summed E-state index contributed by atoms with van der Waals surface area (Å²) >= 11 is 0. The van der Waals surface area contributed by atoms with E-state index in [2.05, 4.69) is 5.32 Å². The van der Waals surface area contributed by atoms with Gasteiger partial charge in [-0.15, -0.1) is 0 Å². The van der Waals surface area contributed by atoms with Crippen molar-refractivity contribution in [3.8, 4) is 0 Å². The van der Waals surface area contributed by atoms with Crippen molar-refractivity contribution in [2.45, 2.75) is 20.3 Å². The lowest BCUT2D eigenvalue weighted by molar-refractivity contribution is -0.385. The molecule has 0 radical (unpaired) electrons. The average molecular weight is 266 g/mol. The van der Waals surface area contributed by atoms with E-state index in [0.717, 1.165) is 0 Å². The van der Waals surface area contributed by atoms with Crippen LogP contribution < -0.4 is 5.32 Å². The largest absolute Gasteiger partial charge is 0.396 e. The first-order valence-corrected chi connectivity index (χ1v) is 6.09. The van der Waals surface area contributed by atoms with Crippen LogP contribution in [0.5, 0.6) is 0 Å². The molecule has 0 fully saturated rings. The Balaban J connectivity index is 2.72. The normalized spacial score (nSPS) is 11.9. The number of hydrogen-bond acceptors (Lipinski definition) is 4. The number of aliphatic hydroxyl groups excluding tert-OH is 1. The Hall–Kier alpha value is -1.95. The average Bonchev–Trinajstić information content (AvgIpc) is 2.36. The van der Waals surface area contributed by atoms with Gasteiger partial charge in [-0.2, -0.15) is 0 Å². The zero-order valence-electron chi connectivity index (χ0n) is 11.0. The smallest absolute Gasteiger partial charge is 0.273 e. The van der Waals surface area contributed by atoms with Crippen molar-refractivity contribution < 1.29 is 14.8 Å². The van der Waals surface area contributed by atoms with Gasteiger partial charge >= 0.3 is 0 Å². The maximum Gasteiger partial charge on any atom is 0.273 e. The quantitative estimate of drug-likeness (QED) is 0.605. The Labute approximate surface area is 111 Å². The number of nitrogens with zero attached hydrogens (tertiary/aromatic N) is 1. The van der Waals surface area contributed by atoms with Crippen molar-refractivity contribution in [1.29, 1.82) is 0 Å². The summed E-state index contributed by atoms with van der Waals surface area (Å²) in [7, 11) is 0. The van der Waals surface area contributed by atoms with E-state index in [0.29, 0.717) is 18.5 Å². The molecule has 6 heteroatoms. The van der Waals surface area contributed by atoms with E-state index in [1.165, 1.54) is 6.07 Å². The third-order valence-corrected chi connectivity index (χ3v) is 2.90. The monoisotopic (exact) mass is 266 g/mol. The summed E-state index contributed by atoms with van der Waals surface area (Å²) in [4.78, 5) is 22.1. The highest BCUT2D eigenvalue weighted by molar-refractivity contribution is 5.94. The maximum absolute atomic E-state index is 11.8. The summed E-state index contributed by atoms with van der Waals surface area (Å²) in [5.74, 6) is -0.178. The van der Waals surface area contributed by atoms with E-state index in [9.17, 15) is 14.9 Å². The molecule has 0 aliphatic heterocycles. The molecule has 0 spiro atoms. The second-order valence-corrected chi connectivity index (χ2v) is 4.59. The van der Waals surface area contributed by atoms with Gasteiger partial charge in [0, 0.05) is 30.3 Å². The second kappa shape index (κ2) is 6.84. The molecule has 0 aliphatic rings. The van der Waals surface area contributed by atoms with Crippen LogP contribution in [0.4, 0.5) is 5.69 Å². The van der Waals surface area contributed by atoms with Gasteiger partial charge in [-0.05, 0) is 25.3 Å². The fourth-order valence-electron chi connectivity index (χ4n) is 1.64. The van der Waals surface area contributed by atoms with Crippen LogP contribution in [0.2, 0.25) is 0 Å². The summed E-state index contributed by atoms with van der Waals surface area (Å²) in [5.41, 5.74) is 0.736. The number of rotatable bonds is 6. The lowest BCUT2D eigenvalue weighted by Gasteiger charge is -2.11. The van der Waals surface area contributed by atoms with E-state index in [1.807, 2.05) is 6.92 Å². The number of aryl methyl sites for hydroxylation is 1. The van der Waals surface area contributed by atoms with Crippen LogP contribution in [-0.2, 0) is 0 Å². The van der Waals surface area contributed by atoms with Crippen LogP contribution in [0.3, 0.4) is 0 Å². The van der Waals surface area contributed by atoms with Crippen LogP contribution >= 0.6 is 0 Å². The summed E-state index contributed by atoms with van der Waals surface area (Å²) in [6, 6.07) is 4.40. The van der Waals surface area contributed by atoms with Crippen LogP contribution in [0.1, 0.15) is 29.3 Å². The van der Waals surface area contributed by atoms with Gasteiger partial charge < -0.3 is 10.4 Å². The molecule has 1 unspecified atom stereocenters. The molecule has 1 amide bonds. The highest BCUT2D eigenvalue weighted by Gasteiger charge is 2.15. The van der Waals surface area contributed by atoms with Gasteiger partial charge in [-0.1, -0.05) is 13.0 Å². The summed E-state index contributed by atoms with van der Waals surface area (Å²) in [6.07, 6.45) is 0.605. The van der Waals surface area contributed by atoms with Gasteiger partial charge in [0.15, 0.2) is 0 Å². The number of carbonyl (C=O) groups is 1. The Bertz CT molecular complexity index is 474. The van der Waals surface area contributed by atoms with Crippen molar-refractivity contribution in [2.24, 2.45) is 5.92 Å². The SMILES string of the molecule is Cc1ccc(C(=O)NCC(C)CCO)cc1[N+](=O)[O-]. The number of nitrogens with one attached hydrogen (secondary N) is 1. The molecule has 0 saturated heterocycles. The third kappa shape index (κ3) is 4.33. The Morgan fingerprint density at radius 1 is 1.53 bits per heavy atom. The number of aliphatic hydroxyl groups is 1. The maximum atomic E-state index is 11.8. The molecule has 104 valence electrons. The summed E-state index contributed by atoms with van der Waals surface area (Å²) in [6.45, 7) is 4.05. The number of benzene rings is 1.